The summed E-state index contributed by atoms with van der Waals surface area (Å²) in [6.45, 7) is 2.81. The van der Waals surface area contributed by atoms with E-state index in [1.807, 2.05) is 11.8 Å². The van der Waals surface area contributed by atoms with E-state index in [1.54, 1.807) is 0 Å². The summed E-state index contributed by atoms with van der Waals surface area (Å²) in [6, 6.07) is 6.29. The van der Waals surface area contributed by atoms with Crippen molar-refractivity contribution in [3.05, 3.63) is 29.3 Å². The Kier molecular flexibility index (Phi) is 3.09. The number of carbonyl (C=O) groups is 1. The summed E-state index contributed by atoms with van der Waals surface area (Å²) in [5, 5.41) is 10.4. The van der Waals surface area contributed by atoms with Gasteiger partial charge in [0.1, 0.15) is 0 Å². The lowest BCUT2D eigenvalue weighted by molar-refractivity contribution is -0.123. The van der Waals surface area contributed by atoms with Crippen LogP contribution in [0.2, 0.25) is 0 Å². The van der Waals surface area contributed by atoms with Crippen molar-refractivity contribution in [2.24, 2.45) is 0 Å². The zero-order valence-corrected chi connectivity index (χ0v) is 11.5. The predicted molar refractivity (Wildman–Crippen MR) is 75.3 cm³/mol. The molecule has 1 aliphatic carbocycles. The third-order valence-corrected chi connectivity index (χ3v) is 4.45. The first kappa shape index (κ1) is 12.7. The summed E-state index contributed by atoms with van der Waals surface area (Å²) in [6.07, 6.45) is 4.83. The van der Waals surface area contributed by atoms with Gasteiger partial charge in [-0.15, -0.1) is 0 Å². The predicted octanol–water partition coefficient (Wildman–Crippen LogP) is 2.58. The Balaban J connectivity index is 1.77. The highest BCUT2D eigenvalue weighted by atomic mass is 16.3. The molecule has 3 nitrogen and oxygen atoms in total. The Labute approximate surface area is 114 Å². The lowest BCUT2D eigenvalue weighted by Crippen LogP contribution is -2.37. The number of carbonyl (C=O) groups excluding carboxylic acids is 1. The van der Waals surface area contributed by atoms with Crippen molar-refractivity contribution in [3.63, 3.8) is 0 Å². The number of benzene rings is 1. The van der Waals surface area contributed by atoms with E-state index in [4.69, 9.17) is 0 Å². The van der Waals surface area contributed by atoms with Crippen molar-refractivity contribution in [2.45, 2.75) is 51.0 Å². The van der Waals surface area contributed by atoms with Crippen molar-refractivity contribution in [3.8, 4) is 0 Å². The maximum atomic E-state index is 12.4. The largest absolute Gasteiger partial charge is 0.389 e. The van der Waals surface area contributed by atoms with Gasteiger partial charge in [-0.2, -0.15) is 0 Å². The number of anilines is 1. The van der Waals surface area contributed by atoms with Gasteiger partial charge in [-0.05, 0) is 43.4 Å². The zero-order chi connectivity index (χ0) is 13.5. The third-order valence-electron chi connectivity index (χ3n) is 4.45. The van der Waals surface area contributed by atoms with E-state index < -0.39 is 5.60 Å². The average Bonchev–Trinajstić information content (AvgIpc) is 2.95. The quantitative estimate of drug-likeness (QED) is 0.886. The molecule has 0 unspecified atom stereocenters. The molecule has 0 spiro atoms. The van der Waals surface area contributed by atoms with Crippen molar-refractivity contribution in [1.82, 2.24) is 0 Å². The molecule has 1 saturated carbocycles. The normalized spacial score (nSPS) is 20.6. The molecule has 2 aliphatic rings. The van der Waals surface area contributed by atoms with Gasteiger partial charge in [0, 0.05) is 12.2 Å². The molecule has 1 amide bonds. The topological polar surface area (TPSA) is 40.5 Å². The maximum absolute atomic E-state index is 12.4. The first-order valence-corrected chi connectivity index (χ1v) is 7.20. The average molecular weight is 259 g/mol. The van der Waals surface area contributed by atoms with Gasteiger partial charge in [-0.25, -0.2) is 0 Å². The molecule has 1 fully saturated rings. The molecule has 102 valence electrons. The van der Waals surface area contributed by atoms with Crippen molar-refractivity contribution < 1.29 is 9.90 Å². The maximum Gasteiger partial charge on any atom is 0.229 e. The molecule has 1 heterocycles. The number of hydrogen-bond acceptors (Lipinski definition) is 2. The van der Waals surface area contributed by atoms with E-state index in [2.05, 4.69) is 18.2 Å². The van der Waals surface area contributed by atoms with Gasteiger partial charge in [0.05, 0.1) is 12.0 Å². The fraction of sp³-hybridized carbons (Fsp3) is 0.562. The Morgan fingerprint density at radius 1 is 1.37 bits per heavy atom. The first-order valence-electron chi connectivity index (χ1n) is 7.20. The van der Waals surface area contributed by atoms with Crippen LogP contribution in [0, 0.1) is 6.92 Å². The molecule has 0 atom stereocenters. The summed E-state index contributed by atoms with van der Waals surface area (Å²) in [4.78, 5) is 14.3. The Morgan fingerprint density at radius 2 is 2.11 bits per heavy atom. The van der Waals surface area contributed by atoms with Crippen LogP contribution in [0.4, 0.5) is 5.69 Å². The van der Waals surface area contributed by atoms with Crippen molar-refractivity contribution in [2.75, 3.05) is 11.4 Å². The highest BCUT2D eigenvalue weighted by Crippen LogP contribution is 2.35. The smallest absolute Gasteiger partial charge is 0.229 e. The van der Waals surface area contributed by atoms with Gasteiger partial charge in [0.15, 0.2) is 0 Å². The Morgan fingerprint density at radius 3 is 2.84 bits per heavy atom. The number of nitrogens with zero attached hydrogens (tertiary/aromatic N) is 1. The van der Waals surface area contributed by atoms with Crippen LogP contribution in [0.3, 0.4) is 0 Å². The van der Waals surface area contributed by atoms with Crippen LogP contribution in [0.5, 0.6) is 0 Å². The molecule has 1 aromatic rings. The molecular weight excluding hydrogens is 238 g/mol. The van der Waals surface area contributed by atoms with Crippen molar-refractivity contribution >= 4 is 11.6 Å². The summed E-state index contributed by atoms with van der Waals surface area (Å²) < 4.78 is 0. The fourth-order valence-corrected chi connectivity index (χ4v) is 3.34. The molecule has 1 N–H and O–H groups in total. The zero-order valence-electron chi connectivity index (χ0n) is 11.5. The summed E-state index contributed by atoms with van der Waals surface area (Å²) in [5.41, 5.74) is 2.73. The Bertz CT molecular complexity index is 503. The van der Waals surface area contributed by atoms with Crippen molar-refractivity contribution in [1.29, 1.82) is 0 Å². The van der Waals surface area contributed by atoms with Crippen LogP contribution in [-0.2, 0) is 11.2 Å². The lowest BCUT2D eigenvalue weighted by Gasteiger charge is -2.25. The number of aliphatic hydroxyl groups is 1. The number of aryl methyl sites for hydroxylation is 1. The van der Waals surface area contributed by atoms with Gasteiger partial charge in [0.25, 0.3) is 0 Å². The van der Waals surface area contributed by atoms with Crippen LogP contribution in [0.15, 0.2) is 18.2 Å². The molecule has 1 aromatic carbocycles. The minimum absolute atomic E-state index is 0.0775. The molecule has 0 radical (unpaired) electrons. The van der Waals surface area contributed by atoms with Crippen LogP contribution >= 0.6 is 0 Å². The van der Waals surface area contributed by atoms with E-state index in [0.717, 1.165) is 44.3 Å². The van der Waals surface area contributed by atoms with Gasteiger partial charge in [0.2, 0.25) is 5.91 Å². The Hall–Kier alpha value is -1.35. The number of hydrogen-bond donors (Lipinski definition) is 1. The van der Waals surface area contributed by atoms with Gasteiger partial charge in [-0.3, -0.25) is 4.79 Å². The second-order valence-corrected chi connectivity index (χ2v) is 6.04. The fourth-order valence-electron chi connectivity index (χ4n) is 3.34. The molecule has 3 rings (SSSR count). The summed E-state index contributed by atoms with van der Waals surface area (Å²) >= 11 is 0. The highest BCUT2D eigenvalue weighted by molar-refractivity contribution is 5.96. The van der Waals surface area contributed by atoms with Gasteiger partial charge < -0.3 is 10.0 Å². The van der Waals surface area contributed by atoms with E-state index in [0.29, 0.717) is 0 Å². The van der Waals surface area contributed by atoms with E-state index in [9.17, 15) is 9.90 Å². The molecule has 3 heteroatoms. The summed E-state index contributed by atoms with van der Waals surface area (Å²) in [7, 11) is 0. The second-order valence-electron chi connectivity index (χ2n) is 6.04. The molecular formula is C16H21NO2. The van der Waals surface area contributed by atoms with Gasteiger partial charge >= 0.3 is 0 Å². The van der Waals surface area contributed by atoms with E-state index in [-0.39, 0.29) is 12.3 Å². The van der Waals surface area contributed by atoms with Crippen LogP contribution < -0.4 is 4.90 Å². The standard InChI is InChI=1S/C16H21NO2/c1-12-4-5-13-6-9-17(14(13)10-12)15(18)11-16(19)7-2-3-8-16/h4-5,10,19H,2-3,6-9,11H2,1H3. The third kappa shape index (κ3) is 2.39. The number of rotatable bonds is 2. The molecule has 0 bridgehead atoms. The number of fused-ring (bicyclic) bond motifs is 1. The van der Waals surface area contributed by atoms with E-state index in [1.165, 1.54) is 11.1 Å². The molecule has 0 saturated heterocycles. The minimum atomic E-state index is -0.746. The first-order chi connectivity index (χ1) is 9.07. The number of amides is 1. The highest BCUT2D eigenvalue weighted by Gasteiger charge is 2.36. The summed E-state index contributed by atoms with van der Waals surface area (Å²) in [5.74, 6) is 0.0775. The second kappa shape index (κ2) is 4.64. The molecule has 19 heavy (non-hydrogen) atoms. The SMILES string of the molecule is Cc1ccc2c(c1)N(C(=O)CC1(O)CCCC1)CC2. The van der Waals surface area contributed by atoms with Crippen LogP contribution in [0.1, 0.15) is 43.2 Å². The monoisotopic (exact) mass is 259 g/mol. The van der Waals surface area contributed by atoms with Crippen LogP contribution in [0.25, 0.3) is 0 Å². The lowest BCUT2D eigenvalue weighted by atomic mass is 9.97. The molecule has 0 aromatic heterocycles. The van der Waals surface area contributed by atoms with E-state index >= 15 is 0 Å². The minimum Gasteiger partial charge on any atom is -0.389 e. The van der Waals surface area contributed by atoms with Crippen LogP contribution in [-0.4, -0.2) is 23.2 Å². The molecule has 1 aliphatic heterocycles. The van der Waals surface area contributed by atoms with Gasteiger partial charge in [-0.1, -0.05) is 25.0 Å².